The maximum absolute atomic E-state index is 12.0. The molecule has 0 heterocycles. The van der Waals surface area contributed by atoms with Crippen molar-refractivity contribution < 1.29 is 4.79 Å². The Kier molecular flexibility index (Phi) is 5.05. The van der Waals surface area contributed by atoms with Gasteiger partial charge in [-0.1, -0.05) is 29.3 Å². The molecule has 0 aromatic heterocycles. The van der Waals surface area contributed by atoms with Gasteiger partial charge in [0.25, 0.3) is 0 Å². The first kappa shape index (κ1) is 15.6. The molecule has 0 aliphatic carbocycles. The Morgan fingerprint density at radius 2 is 1.81 bits per heavy atom. The Hall–Kier alpha value is -1.77. The predicted octanol–water partition coefficient (Wildman–Crippen LogP) is 5.42. The van der Waals surface area contributed by atoms with Gasteiger partial charge >= 0.3 is 0 Å². The first-order valence-electron chi connectivity index (χ1n) is 6.47. The molecule has 0 aliphatic rings. The zero-order valence-corrected chi connectivity index (χ0v) is 13.3. The van der Waals surface area contributed by atoms with Crippen LogP contribution in [0.25, 0.3) is 0 Å². The number of hydrogen-bond acceptors (Lipinski definition) is 2. The molecular formula is C17H15Cl2NO. The van der Waals surface area contributed by atoms with Gasteiger partial charge in [-0.2, -0.15) is 0 Å². The molecule has 0 bridgehead atoms. The van der Waals surface area contributed by atoms with Crippen LogP contribution in [-0.2, 0) is 0 Å². The van der Waals surface area contributed by atoms with Crippen LogP contribution in [0.15, 0.2) is 48.7 Å². The summed E-state index contributed by atoms with van der Waals surface area (Å²) in [4.78, 5) is 12.0. The molecule has 2 aromatic rings. The summed E-state index contributed by atoms with van der Waals surface area (Å²) in [5.41, 5.74) is 3.79. The van der Waals surface area contributed by atoms with E-state index in [1.807, 2.05) is 25.1 Å². The summed E-state index contributed by atoms with van der Waals surface area (Å²) in [6, 6.07) is 10.8. The van der Waals surface area contributed by atoms with Crippen molar-refractivity contribution in [3.05, 3.63) is 75.4 Å². The smallest absolute Gasteiger partial charge is 0.188 e. The van der Waals surface area contributed by atoms with Gasteiger partial charge in [0.05, 0.1) is 5.02 Å². The highest BCUT2D eigenvalue weighted by molar-refractivity contribution is 6.37. The number of allylic oxidation sites excluding steroid dienone is 1. The molecule has 0 radical (unpaired) electrons. The quantitative estimate of drug-likeness (QED) is 0.602. The Balaban J connectivity index is 2.06. The van der Waals surface area contributed by atoms with Crippen molar-refractivity contribution in [1.82, 2.24) is 0 Å². The van der Waals surface area contributed by atoms with E-state index in [1.165, 1.54) is 17.2 Å². The minimum atomic E-state index is -0.173. The highest BCUT2D eigenvalue weighted by atomic mass is 35.5. The SMILES string of the molecule is Cc1ccc(N/C=C/C(=O)c2ccc(Cl)cc2Cl)cc1C. The minimum absolute atomic E-state index is 0.173. The zero-order valence-electron chi connectivity index (χ0n) is 11.8. The standard InChI is InChI=1S/C17H15Cl2NO/c1-11-3-5-14(9-12(11)2)20-8-7-17(21)15-6-4-13(18)10-16(15)19/h3-10,20H,1-2H3/b8-7+. The van der Waals surface area contributed by atoms with Crippen LogP contribution in [0.3, 0.4) is 0 Å². The molecule has 0 unspecified atom stereocenters. The molecule has 4 heteroatoms. The molecule has 2 rings (SSSR count). The maximum Gasteiger partial charge on any atom is 0.188 e. The van der Waals surface area contributed by atoms with Crippen molar-refractivity contribution >= 4 is 34.7 Å². The van der Waals surface area contributed by atoms with Crippen LogP contribution >= 0.6 is 23.2 Å². The van der Waals surface area contributed by atoms with Gasteiger partial charge in [0.2, 0.25) is 0 Å². The molecule has 2 nitrogen and oxygen atoms in total. The first-order chi connectivity index (χ1) is 9.97. The minimum Gasteiger partial charge on any atom is -0.362 e. The second-order valence-electron chi connectivity index (χ2n) is 4.77. The molecule has 0 spiro atoms. The lowest BCUT2D eigenvalue weighted by molar-refractivity contribution is 0.104. The van der Waals surface area contributed by atoms with Gasteiger partial charge in [0.1, 0.15) is 0 Å². The summed E-state index contributed by atoms with van der Waals surface area (Å²) in [5, 5.41) is 3.93. The van der Waals surface area contributed by atoms with Gasteiger partial charge in [0.15, 0.2) is 5.78 Å². The lowest BCUT2D eigenvalue weighted by atomic mass is 10.1. The fraction of sp³-hybridized carbons (Fsp3) is 0.118. The lowest BCUT2D eigenvalue weighted by Crippen LogP contribution is -1.97. The third-order valence-electron chi connectivity index (χ3n) is 3.19. The van der Waals surface area contributed by atoms with Crippen molar-refractivity contribution in [1.29, 1.82) is 0 Å². The van der Waals surface area contributed by atoms with Gasteiger partial charge in [-0.25, -0.2) is 0 Å². The Bertz CT molecular complexity index is 708. The van der Waals surface area contributed by atoms with Crippen LogP contribution in [0.4, 0.5) is 5.69 Å². The molecule has 108 valence electrons. The number of carbonyl (C=O) groups is 1. The molecule has 0 saturated heterocycles. The first-order valence-corrected chi connectivity index (χ1v) is 7.22. The second-order valence-corrected chi connectivity index (χ2v) is 5.61. The fourth-order valence-electron chi connectivity index (χ4n) is 1.82. The molecule has 0 atom stereocenters. The molecule has 0 aliphatic heterocycles. The maximum atomic E-state index is 12.0. The third kappa shape index (κ3) is 4.10. The topological polar surface area (TPSA) is 29.1 Å². The summed E-state index contributed by atoms with van der Waals surface area (Å²) in [5.74, 6) is -0.173. The van der Waals surface area contributed by atoms with Crippen molar-refractivity contribution in [2.24, 2.45) is 0 Å². The van der Waals surface area contributed by atoms with Crippen molar-refractivity contribution in [2.75, 3.05) is 5.32 Å². The Labute approximate surface area is 134 Å². The normalized spacial score (nSPS) is 10.9. The van der Waals surface area contributed by atoms with E-state index in [-0.39, 0.29) is 5.78 Å². The van der Waals surface area contributed by atoms with E-state index >= 15 is 0 Å². The van der Waals surface area contributed by atoms with Crippen molar-refractivity contribution in [3.8, 4) is 0 Å². The fourth-order valence-corrected chi connectivity index (χ4v) is 2.33. The third-order valence-corrected chi connectivity index (χ3v) is 3.74. The number of hydrogen-bond donors (Lipinski definition) is 1. The number of benzene rings is 2. The molecule has 1 N–H and O–H groups in total. The van der Waals surface area contributed by atoms with Crippen molar-refractivity contribution in [2.45, 2.75) is 13.8 Å². The van der Waals surface area contributed by atoms with Crippen LogP contribution in [0, 0.1) is 13.8 Å². The van der Waals surface area contributed by atoms with Crippen molar-refractivity contribution in [3.63, 3.8) is 0 Å². The van der Waals surface area contributed by atoms with Gasteiger partial charge < -0.3 is 5.32 Å². The monoisotopic (exact) mass is 319 g/mol. The largest absolute Gasteiger partial charge is 0.362 e. The average molecular weight is 320 g/mol. The van der Waals surface area contributed by atoms with Crippen LogP contribution in [0.5, 0.6) is 0 Å². The lowest BCUT2D eigenvalue weighted by Gasteiger charge is -2.05. The number of aryl methyl sites for hydroxylation is 2. The summed E-state index contributed by atoms with van der Waals surface area (Å²) in [6.45, 7) is 4.10. The molecule has 0 fully saturated rings. The predicted molar refractivity (Wildman–Crippen MR) is 89.5 cm³/mol. The Morgan fingerprint density at radius 3 is 2.48 bits per heavy atom. The Morgan fingerprint density at radius 1 is 1.05 bits per heavy atom. The number of rotatable bonds is 4. The van der Waals surface area contributed by atoms with Crippen LogP contribution < -0.4 is 5.32 Å². The zero-order chi connectivity index (χ0) is 15.4. The average Bonchev–Trinajstić information content (AvgIpc) is 2.42. The number of ketones is 1. The molecular weight excluding hydrogens is 305 g/mol. The number of nitrogens with one attached hydrogen (secondary N) is 1. The summed E-state index contributed by atoms with van der Waals surface area (Å²) < 4.78 is 0. The van der Waals surface area contributed by atoms with Crippen LogP contribution in [0.1, 0.15) is 21.5 Å². The van der Waals surface area contributed by atoms with E-state index in [4.69, 9.17) is 23.2 Å². The van der Waals surface area contributed by atoms with Gasteiger partial charge in [0, 0.05) is 28.5 Å². The number of anilines is 1. The molecule has 0 saturated carbocycles. The summed E-state index contributed by atoms with van der Waals surface area (Å²) in [7, 11) is 0. The summed E-state index contributed by atoms with van der Waals surface area (Å²) in [6.07, 6.45) is 3.06. The van der Waals surface area contributed by atoms with E-state index in [0.717, 1.165) is 5.69 Å². The van der Waals surface area contributed by atoms with Crippen LogP contribution in [-0.4, -0.2) is 5.78 Å². The molecule has 0 amide bonds. The highest BCUT2D eigenvalue weighted by Gasteiger charge is 2.07. The van der Waals surface area contributed by atoms with E-state index in [9.17, 15) is 4.79 Å². The van der Waals surface area contributed by atoms with E-state index < -0.39 is 0 Å². The van der Waals surface area contributed by atoms with E-state index in [0.29, 0.717) is 15.6 Å². The van der Waals surface area contributed by atoms with E-state index in [1.54, 1.807) is 24.4 Å². The van der Waals surface area contributed by atoms with Gasteiger partial charge in [-0.3, -0.25) is 4.79 Å². The second kappa shape index (κ2) is 6.79. The summed E-state index contributed by atoms with van der Waals surface area (Å²) >= 11 is 11.8. The molecule has 2 aromatic carbocycles. The van der Waals surface area contributed by atoms with Gasteiger partial charge in [-0.15, -0.1) is 0 Å². The number of carbonyl (C=O) groups excluding carboxylic acids is 1. The van der Waals surface area contributed by atoms with Gasteiger partial charge in [-0.05, 0) is 55.3 Å². The molecule has 21 heavy (non-hydrogen) atoms. The highest BCUT2D eigenvalue weighted by Crippen LogP contribution is 2.21. The van der Waals surface area contributed by atoms with E-state index in [2.05, 4.69) is 12.2 Å². The number of halogens is 2. The van der Waals surface area contributed by atoms with Crippen LogP contribution in [0.2, 0.25) is 10.0 Å².